The van der Waals surface area contributed by atoms with E-state index in [-0.39, 0.29) is 0 Å². The van der Waals surface area contributed by atoms with E-state index in [4.69, 9.17) is 16.7 Å². The zero-order valence-corrected chi connectivity index (χ0v) is 11.2. The number of nitrogens with one attached hydrogen (secondary N) is 1. The van der Waals surface area contributed by atoms with Crippen LogP contribution in [-0.4, -0.2) is 29.4 Å². The van der Waals surface area contributed by atoms with Crippen molar-refractivity contribution in [3.8, 4) is 0 Å². The highest BCUT2D eigenvalue weighted by Gasteiger charge is 2.16. The largest absolute Gasteiger partial charge is 0.480 e. The van der Waals surface area contributed by atoms with E-state index in [9.17, 15) is 4.79 Å². The molecular weight excluding hydrogens is 258 g/mol. The lowest BCUT2D eigenvalue weighted by Gasteiger charge is -2.13. The zero-order valence-electron chi connectivity index (χ0n) is 9.65. The molecule has 0 aromatic heterocycles. The number of aliphatic carboxylic acids is 1. The Morgan fingerprint density at radius 2 is 2.12 bits per heavy atom. The van der Waals surface area contributed by atoms with Crippen molar-refractivity contribution in [1.29, 1.82) is 0 Å². The third kappa shape index (κ3) is 5.44. The number of thioether (sulfide) groups is 1. The third-order valence-corrected chi connectivity index (χ3v) is 3.53. The number of carbonyl (C=O) groups is 1. The maximum absolute atomic E-state index is 11.0. The van der Waals surface area contributed by atoms with Crippen LogP contribution >= 0.6 is 23.4 Å². The smallest absolute Gasteiger partial charge is 0.321 e. The second kappa shape index (κ2) is 7.58. The van der Waals surface area contributed by atoms with Crippen LogP contribution in [0.1, 0.15) is 13.3 Å². The first kappa shape index (κ1) is 14.4. The summed E-state index contributed by atoms with van der Waals surface area (Å²) in [6.07, 6.45) is 0.926. The molecule has 0 saturated heterocycles. The van der Waals surface area contributed by atoms with Gasteiger partial charge < -0.3 is 10.4 Å². The normalized spacial score (nSPS) is 12.4. The maximum atomic E-state index is 11.0. The monoisotopic (exact) mass is 273 g/mol. The minimum absolute atomic E-state index is 0.504. The van der Waals surface area contributed by atoms with Crippen LogP contribution in [0, 0.1) is 0 Å². The van der Waals surface area contributed by atoms with Crippen molar-refractivity contribution in [2.75, 3.05) is 12.3 Å². The van der Waals surface area contributed by atoms with Gasteiger partial charge in [0.05, 0.1) is 0 Å². The Morgan fingerprint density at radius 1 is 1.47 bits per heavy atom. The van der Waals surface area contributed by atoms with E-state index in [0.29, 0.717) is 10.8 Å². The Kier molecular flexibility index (Phi) is 6.40. The molecule has 1 aromatic rings. The van der Waals surface area contributed by atoms with Gasteiger partial charge in [0.25, 0.3) is 0 Å². The fraction of sp³-hybridized carbons (Fsp3) is 0.417. The van der Waals surface area contributed by atoms with Gasteiger partial charge in [-0.15, -0.1) is 11.8 Å². The summed E-state index contributed by atoms with van der Waals surface area (Å²) in [6, 6.07) is 6.89. The Labute approximate surface area is 111 Å². The van der Waals surface area contributed by atoms with Crippen molar-refractivity contribution in [2.45, 2.75) is 24.3 Å². The summed E-state index contributed by atoms with van der Waals surface area (Å²) in [7, 11) is 0. The first-order valence-electron chi connectivity index (χ1n) is 5.48. The fourth-order valence-corrected chi connectivity index (χ4v) is 2.32. The van der Waals surface area contributed by atoms with Crippen molar-refractivity contribution in [1.82, 2.24) is 5.32 Å². The van der Waals surface area contributed by atoms with Crippen molar-refractivity contribution in [3.05, 3.63) is 29.3 Å². The molecule has 0 bridgehead atoms. The van der Waals surface area contributed by atoms with Gasteiger partial charge >= 0.3 is 5.97 Å². The Morgan fingerprint density at radius 3 is 2.65 bits per heavy atom. The molecule has 0 fully saturated rings. The number of carboxylic acid groups (broad SMARTS) is 1. The van der Waals surface area contributed by atoms with Gasteiger partial charge in [0.15, 0.2) is 0 Å². The lowest BCUT2D eigenvalue weighted by Crippen LogP contribution is -2.39. The van der Waals surface area contributed by atoms with Crippen LogP contribution in [0.25, 0.3) is 0 Å². The third-order valence-electron chi connectivity index (χ3n) is 2.17. The van der Waals surface area contributed by atoms with Crippen molar-refractivity contribution in [2.24, 2.45) is 0 Å². The van der Waals surface area contributed by atoms with Gasteiger partial charge in [-0.1, -0.05) is 18.5 Å². The predicted molar refractivity (Wildman–Crippen MR) is 71.9 cm³/mol. The molecule has 17 heavy (non-hydrogen) atoms. The average molecular weight is 274 g/mol. The topological polar surface area (TPSA) is 49.3 Å². The maximum Gasteiger partial charge on any atom is 0.321 e. The Hall–Kier alpha value is -0.710. The summed E-state index contributed by atoms with van der Waals surface area (Å²) in [6.45, 7) is 2.73. The molecule has 0 radical (unpaired) electrons. The molecular formula is C12H16ClNO2S. The van der Waals surface area contributed by atoms with Gasteiger partial charge in [0.1, 0.15) is 6.04 Å². The molecule has 0 aliphatic rings. The first-order chi connectivity index (χ1) is 8.13. The van der Waals surface area contributed by atoms with E-state index in [1.807, 2.05) is 19.1 Å². The van der Waals surface area contributed by atoms with Crippen LogP contribution in [0.2, 0.25) is 5.02 Å². The molecule has 0 aliphatic carbocycles. The molecule has 0 heterocycles. The summed E-state index contributed by atoms with van der Waals surface area (Å²) in [4.78, 5) is 12.0. The van der Waals surface area contributed by atoms with E-state index < -0.39 is 12.0 Å². The zero-order chi connectivity index (χ0) is 12.7. The number of carboxylic acids is 1. The van der Waals surface area contributed by atoms with Crippen LogP contribution in [0.3, 0.4) is 0 Å². The summed E-state index contributed by atoms with van der Waals surface area (Å²) in [5, 5.41) is 12.7. The van der Waals surface area contributed by atoms with E-state index in [1.165, 1.54) is 11.8 Å². The standard InChI is InChI=1S/C12H16ClNO2S/c1-2-7-14-11(12(15)16)8-17-10-5-3-9(13)4-6-10/h3-6,11,14H,2,7-8H2,1H3,(H,15,16). The van der Waals surface area contributed by atoms with Crippen LogP contribution in [0.15, 0.2) is 29.2 Å². The van der Waals surface area contributed by atoms with Crippen LogP contribution in [0.4, 0.5) is 0 Å². The highest BCUT2D eigenvalue weighted by Crippen LogP contribution is 2.21. The molecule has 1 aromatic carbocycles. The first-order valence-corrected chi connectivity index (χ1v) is 6.84. The lowest BCUT2D eigenvalue weighted by atomic mass is 10.3. The molecule has 1 unspecified atom stereocenters. The van der Waals surface area contributed by atoms with Gasteiger partial charge in [0, 0.05) is 15.7 Å². The van der Waals surface area contributed by atoms with Crippen molar-refractivity contribution >= 4 is 29.3 Å². The SMILES string of the molecule is CCCNC(CSc1ccc(Cl)cc1)C(=O)O. The number of hydrogen-bond donors (Lipinski definition) is 2. The molecule has 5 heteroatoms. The molecule has 1 rings (SSSR count). The Bertz CT molecular complexity index is 356. The second-order valence-electron chi connectivity index (χ2n) is 3.61. The molecule has 0 amide bonds. The van der Waals surface area contributed by atoms with E-state index in [2.05, 4.69) is 5.32 Å². The predicted octanol–water partition coefficient (Wildman–Crippen LogP) is 2.88. The molecule has 3 nitrogen and oxygen atoms in total. The summed E-state index contributed by atoms with van der Waals surface area (Å²) in [5.41, 5.74) is 0. The minimum atomic E-state index is -0.806. The summed E-state index contributed by atoms with van der Waals surface area (Å²) < 4.78 is 0. The Balaban J connectivity index is 2.45. The quantitative estimate of drug-likeness (QED) is 0.750. The van der Waals surface area contributed by atoms with Gasteiger partial charge in [0.2, 0.25) is 0 Å². The summed E-state index contributed by atoms with van der Waals surface area (Å²) in [5.74, 6) is -0.295. The van der Waals surface area contributed by atoms with Crippen LogP contribution in [-0.2, 0) is 4.79 Å². The number of benzene rings is 1. The number of hydrogen-bond acceptors (Lipinski definition) is 3. The minimum Gasteiger partial charge on any atom is -0.480 e. The van der Waals surface area contributed by atoms with Crippen LogP contribution in [0.5, 0.6) is 0 Å². The molecule has 0 spiro atoms. The van der Waals surface area contributed by atoms with Gasteiger partial charge in [-0.05, 0) is 37.2 Å². The van der Waals surface area contributed by atoms with E-state index >= 15 is 0 Å². The second-order valence-corrected chi connectivity index (χ2v) is 5.14. The number of halogens is 1. The number of rotatable bonds is 7. The molecule has 0 aliphatic heterocycles. The van der Waals surface area contributed by atoms with Gasteiger partial charge in [-0.25, -0.2) is 0 Å². The average Bonchev–Trinajstić information content (AvgIpc) is 2.31. The van der Waals surface area contributed by atoms with E-state index in [0.717, 1.165) is 17.9 Å². The summed E-state index contributed by atoms with van der Waals surface area (Å²) >= 11 is 7.29. The molecule has 2 N–H and O–H groups in total. The molecule has 0 saturated carbocycles. The fourth-order valence-electron chi connectivity index (χ4n) is 1.25. The van der Waals surface area contributed by atoms with Crippen molar-refractivity contribution < 1.29 is 9.90 Å². The highest BCUT2D eigenvalue weighted by molar-refractivity contribution is 7.99. The van der Waals surface area contributed by atoms with Crippen LogP contribution < -0.4 is 5.32 Å². The van der Waals surface area contributed by atoms with Gasteiger partial charge in [-0.2, -0.15) is 0 Å². The highest BCUT2D eigenvalue weighted by atomic mass is 35.5. The van der Waals surface area contributed by atoms with E-state index in [1.54, 1.807) is 12.1 Å². The van der Waals surface area contributed by atoms with Gasteiger partial charge in [-0.3, -0.25) is 4.79 Å². The lowest BCUT2D eigenvalue weighted by molar-refractivity contribution is -0.138. The molecule has 1 atom stereocenters. The van der Waals surface area contributed by atoms with Crippen molar-refractivity contribution in [3.63, 3.8) is 0 Å². The molecule has 94 valence electrons.